The van der Waals surface area contributed by atoms with Crippen molar-refractivity contribution in [1.29, 1.82) is 0 Å². The average Bonchev–Trinajstić information content (AvgIpc) is 2.16. The van der Waals surface area contributed by atoms with Gasteiger partial charge in [0.25, 0.3) is 0 Å². The second-order valence-corrected chi connectivity index (χ2v) is 4.14. The zero-order valence-corrected chi connectivity index (χ0v) is 9.98. The van der Waals surface area contributed by atoms with Crippen molar-refractivity contribution in [2.24, 2.45) is 0 Å². The topological polar surface area (TPSA) is 21.3 Å². The number of nitrogens with one attached hydrogen (secondary N) is 1. The molecule has 0 heterocycles. The van der Waals surface area contributed by atoms with Crippen molar-refractivity contribution >= 4 is 0 Å². The van der Waals surface area contributed by atoms with Crippen LogP contribution in [-0.4, -0.2) is 24.8 Å². The van der Waals surface area contributed by atoms with Crippen LogP contribution in [0.25, 0.3) is 0 Å². The van der Waals surface area contributed by atoms with Crippen molar-refractivity contribution in [2.75, 3.05) is 7.11 Å². The molecule has 0 aromatic heterocycles. The fourth-order valence-corrected chi connectivity index (χ4v) is 1.33. The van der Waals surface area contributed by atoms with Crippen LogP contribution >= 0.6 is 0 Å². The fourth-order valence-electron chi connectivity index (χ4n) is 1.33. The molecule has 0 aliphatic heterocycles. The molecule has 0 rings (SSSR count). The number of ether oxygens (including phenoxy) is 1. The maximum Gasteiger partial charge on any atom is 0.0693 e. The summed E-state index contributed by atoms with van der Waals surface area (Å²) in [6, 6.07) is 0.412. The third kappa shape index (κ3) is 4.10. The first-order valence-corrected chi connectivity index (χ1v) is 5.29. The minimum Gasteiger partial charge on any atom is -0.380 e. The van der Waals surface area contributed by atoms with E-state index in [1.165, 1.54) is 0 Å². The van der Waals surface area contributed by atoms with E-state index in [1.807, 2.05) is 0 Å². The largest absolute Gasteiger partial charge is 0.380 e. The fraction of sp³-hybridized carbons (Fsp3) is 1.00. The third-order valence-corrected chi connectivity index (χ3v) is 3.21. The lowest BCUT2D eigenvalue weighted by molar-refractivity contribution is 0.0749. The first-order chi connectivity index (χ1) is 5.99. The van der Waals surface area contributed by atoms with E-state index in [2.05, 4.69) is 39.9 Å². The van der Waals surface area contributed by atoms with Crippen molar-refractivity contribution in [2.45, 2.75) is 65.1 Å². The smallest absolute Gasteiger partial charge is 0.0693 e. The first-order valence-electron chi connectivity index (χ1n) is 5.29. The lowest BCUT2D eigenvalue weighted by atomic mass is 9.94. The molecular weight excluding hydrogens is 162 g/mol. The Kier molecular flexibility index (Phi) is 5.57. The van der Waals surface area contributed by atoms with Gasteiger partial charge in [-0.1, -0.05) is 13.8 Å². The van der Waals surface area contributed by atoms with Gasteiger partial charge >= 0.3 is 0 Å². The van der Waals surface area contributed by atoms with E-state index in [9.17, 15) is 0 Å². The van der Waals surface area contributed by atoms with Gasteiger partial charge < -0.3 is 10.1 Å². The molecule has 0 aliphatic carbocycles. The van der Waals surface area contributed by atoms with Gasteiger partial charge in [0.05, 0.1) is 6.10 Å². The van der Waals surface area contributed by atoms with Gasteiger partial charge in [-0.25, -0.2) is 0 Å². The Morgan fingerprint density at radius 2 is 1.69 bits per heavy atom. The molecule has 0 bridgehead atoms. The molecule has 2 atom stereocenters. The Morgan fingerprint density at radius 3 is 2.00 bits per heavy atom. The second kappa shape index (κ2) is 5.61. The Balaban J connectivity index is 4.08. The number of hydrogen-bond acceptors (Lipinski definition) is 2. The molecule has 0 aliphatic rings. The zero-order valence-electron chi connectivity index (χ0n) is 9.98. The van der Waals surface area contributed by atoms with Crippen LogP contribution in [0, 0.1) is 0 Å². The summed E-state index contributed by atoms with van der Waals surface area (Å²) in [6.07, 6.45) is 2.59. The van der Waals surface area contributed by atoms with E-state index < -0.39 is 0 Å². The summed E-state index contributed by atoms with van der Waals surface area (Å²) in [5, 5.41) is 3.62. The lowest BCUT2D eigenvalue weighted by Crippen LogP contribution is -2.50. The Labute approximate surface area is 83.1 Å². The molecule has 13 heavy (non-hydrogen) atoms. The quantitative estimate of drug-likeness (QED) is 0.690. The molecule has 0 amide bonds. The maximum absolute atomic E-state index is 5.28. The van der Waals surface area contributed by atoms with E-state index in [1.54, 1.807) is 7.11 Å². The highest BCUT2D eigenvalue weighted by atomic mass is 16.5. The highest BCUT2D eigenvalue weighted by Crippen LogP contribution is 2.15. The Bertz CT molecular complexity index is 132. The molecule has 2 nitrogen and oxygen atoms in total. The summed E-state index contributed by atoms with van der Waals surface area (Å²) in [6.45, 7) is 11.0. The summed E-state index contributed by atoms with van der Waals surface area (Å²) in [4.78, 5) is 0. The first kappa shape index (κ1) is 12.9. The van der Waals surface area contributed by atoms with Crippen molar-refractivity contribution in [3.05, 3.63) is 0 Å². The predicted molar refractivity (Wildman–Crippen MR) is 58.1 cm³/mol. The van der Waals surface area contributed by atoms with Gasteiger partial charge in [0.15, 0.2) is 0 Å². The average molecular weight is 187 g/mol. The van der Waals surface area contributed by atoms with Gasteiger partial charge in [0.1, 0.15) is 0 Å². The maximum atomic E-state index is 5.28. The van der Waals surface area contributed by atoms with Gasteiger partial charge in [-0.3, -0.25) is 0 Å². The van der Waals surface area contributed by atoms with Crippen LogP contribution in [0.15, 0.2) is 0 Å². The van der Waals surface area contributed by atoms with Crippen LogP contribution < -0.4 is 5.32 Å². The number of methoxy groups -OCH3 is 1. The van der Waals surface area contributed by atoms with E-state index in [-0.39, 0.29) is 11.6 Å². The predicted octanol–water partition coefficient (Wildman–Crippen LogP) is 2.58. The lowest BCUT2D eigenvalue weighted by Gasteiger charge is -2.34. The minimum absolute atomic E-state index is 0.256. The molecule has 0 saturated heterocycles. The Hall–Kier alpha value is -0.0800. The summed E-state index contributed by atoms with van der Waals surface area (Å²) >= 11 is 0. The monoisotopic (exact) mass is 187 g/mol. The van der Waals surface area contributed by atoms with E-state index in [0.717, 1.165) is 12.8 Å². The summed E-state index contributed by atoms with van der Waals surface area (Å²) in [5.74, 6) is 0. The van der Waals surface area contributed by atoms with Crippen molar-refractivity contribution in [3.8, 4) is 0 Å². The molecule has 0 fully saturated rings. The van der Waals surface area contributed by atoms with Crippen LogP contribution in [-0.2, 0) is 4.74 Å². The molecule has 0 aromatic rings. The third-order valence-electron chi connectivity index (χ3n) is 3.21. The van der Waals surface area contributed by atoms with Gasteiger partial charge in [0, 0.05) is 18.7 Å². The summed E-state index contributed by atoms with van der Waals surface area (Å²) in [5.41, 5.74) is 0.256. The zero-order chi connectivity index (χ0) is 10.5. The van der Waals surface area contributed by atoms with Gasteiger partial charge in [-0.15, -0.1) is 0 Å². The second-order valence-electron chi connectivity index (χ2n) is 4.14. The number of hydrogen-bond donors (Lipinski definition) is 1. The molecule has 0 saturated carbocycles. The molecule has 2 unspecified atom stereocenters. The van der Waals surface area contributed by atoms with Crippen LogP contribution in [0.2, 0.25) is 0 Å². The molecule has 80 valence electrons. The van der Waals surface area contributed by atoms with Crippen LogP contribution in [0.5, 0.6) is 0 Å². The SMILES string of the molecule is CCC(C)(CC)NC(C)C(C)OC. The van der Waals surface area contributed by atoms with Crippen LogP contribution in [0.1, 0.15) is 47.5 Å². The van der Waals surface area contributed by atoms with Crippen LogP contribution in [0.3, 0.4) is 0 Å². The molecule has 0 spiro atoms. The van der Waals surface area contributed by atoms with E-state index in [0.29, 0.717) is 6.04 Å². The molecule has 0 aromatic carbocycles. The van der Waals surface area contributed by atoms with Gasteiger partial charge in [-0.2, -0.15) is 0 Å². The van der Waals surface area contributed by atoms with Gasteiger partial charge in [-0.05, 0) is 33.6 Å². The van der Waals surface area contributed by atoms with Crippen LogP contribution in [0.4, 0.5) is 0 Å². The van der Waals surface area contributed by atoms with Gasteiger partial charge in [0.2, 0.25) is 0 Å². The number of rotatable bonds is 6. The van der Waals surface area contributed by atoms with Crippen molar-refractivity contribution in [3.63, 3.8) is 0 Å². The highest BCUT2D eigenvalue weighted by Gasteiger charge is 2.23. The highest BCUT2D eigenvalue weighted by molar-refractivity contribution is 4.84. The summed E-state index contributed by atoms with van der Waals surface area (Å²) in [7, 11) is 1.76. The Morgan fingerprint density at radius 1 is 1.23 bits per heavy atom. The normalized spacial score (nSPS) is 17.1. The van der Waals surface area contributed by atoms with E-state index in [4.69, 9.17) is 4.74 Å². The minimum atomic E-state index is 0.256. The standard InChI is InChI=1S/C11H25NO/c1-7-11(5,8-2)12-9(3)10(4)13-6/h9-10,12H,7-8H2,1-6H3. The molecular formula is C11H25NO. The molecule has 0 radical (unpaired) electrons. The van der Waals surface area contributed by atoms with E-state index >= 15 is 0 Å². The molecule has 2 heteroatoms. The van der Waals surface area contributed by atoms with Crippen molar-refractivity contribution < 1.29 is 4.74 Å². The summed E-state index contributed by atoms with van der Waals surface area (Å²) < 4.78 is 5.28. The molecule has 1 N–H and O–H groups in total. The van der Waals surface area contributed by atoms with Crippen molar-refractivity contribution in [1.82, 2.24) is 5.32 Å².